The summed E-state index contributed by atoms with van der Waals surface area (Å²) in [4.78, 5) is 0. The molecule has 1 fully saturated rings. The lowest BCUT2D eigenvalue weighted by Gasteiger charge is -2.28. The van der Waals surface area contributed by atoms with Crippen LogP contribution in [0, 0.1) is 5.92 Å². The van der Waals surface area contributed by atoms with E-state index in [1.54, 1.807) is 0 Å². The van der Waals surface area contributed by atoms with Crippen molar-refractivity contribution in [2.24, 2.45) is 5.92 Å². The molecule has 1 rings (SSSR count). The van der Waals surface area contributed by atoms with Gasteiger partial charge in [-0.2, -0.15) is 0 Å². The molecular formula is C14H29NO2. The Bertz CT molecular complexity index is 177. The minimum atomic E-state index is 0.502. The van der Waals surface area contributed by atoms with Crippen LogP contribution in [-0.2, 0) is 9.47 Å². The fourth-order valence-electron chi connectivity index (χ4n) is 2.30. The molecule has 0 aromatic carbocycles. The Labute approximate surface area is 106 Å². The molecule has 3 heteroatoms. The largest absolute Gasteiger partial charge is 0.381 e. The minimum absolute atomic E-state index is 0.502. The highest BCUT2D eigenvalue weighted by molar-refractivity contribution is 4.77. The van der Waals surface area contributed by atoms with Crippen LogP contribution in [0.4, 0.5) is 0 Å². The number of rotatable bonds is 8. The van der Waals surface area contributed by atoms with Crippen molar-refractivity contribution in [3.8, 4) is 0 Å². The van der Waals surface area contributed by atoms with E-state index in [0.717, 1.165) is 26.2 Å². The second-order valence-electron chi connectivity index (χ2n) is 5.49. The molecule has 0 amide bonds. The highest BCUT2D eigenvalue weighted by Crippen LogP contribution is 2.20. The molecule has 0 atom stereocenters. The van der Waals surface area contributed by atoms with Crippen LogP contribution in [0.25, 0.3) is 0 Å². The van der Waals surface area contributed by atoms with Crippen LogP contribution < -0.4 is 5.32 Å². The Kier molecular flexibility index (Phi) is 7.82. The van der Waals surface area contributed by atoms with Crippen LogP contribution in [0.1, 0.15) is 46.0 Å². The summed E-state index contributed by atoms with van der Waals surface area (Å²) in [5.41, 5.74) is 0. The van der Waals surface area contributed by atoms with Crippen molar-refractivity contribution in [1.82, 2.24) is 5.32 Å². The summed E-state index contributed by atoms with van der Waals surface area (Å²) in [7, 11) is 1.82. The van der Waals surface area contributed by atoms with Crippen molar-refractivity contribution in [2.45, 2.75) is 58.1 Å². The minimum Gasteiger partial charge on any atom is -0.381 e. The van der Waals surface area contributed by atoms with Crippen LogP contribution >= 0.6 is 0 Å². The maximum absolute atomic E-state index is 5.56. The van der Waals surface area contributed by atoms with Gasteiger partial charge >= 0.3 is 0 Å². The highest BCUT2D eigenvalue weighted by Gasteiger charge is 2.19. The Hall–Kier alpha value is -0.120. The molecule has 0 heterocycles. The Morgan fingerprint density at radius 3 is 2.47 bits per heavy atom. The van der Waals surface area contributed by atoms with Gasteiger partial charge in [0.1, 0.15) is 0 Å². The number of nitrogens with one attached hydrogen (secondary N) is 1. The first-order chi connectivity index (χ1) is 8.22. The fourth-order valence-corrected chi connectivity index (χ4v) is 2.30. The van der Waals surface area contributed by atoms with Crippen molar-refractivity contribution in [2.75, 3.05) is 26.9 Å². The molecule has 1 aliphatic rings. The van der Waals surface area contributed by atoms with Crippen molar-refractivity contribution >= 4 is 0 Å². The third-order valence-corrected chi connectivity index (χ3v) is 3.36. The average Bonchev–Trinajstić information content (AvgIpc) is 2.34. The third-order valence-electron chi connectivity index (χ3n) is 3.36. The summed E-state index contributed by atoms with van der Waals surface area (Å²) >= 11 is 0. The fraction of sp³-hybridized carbons (Fsp3) is 1.00. The van der Waals surface area contributed by atoms with Crippen molar-refractivity contribution in [3.63, 3.8) is 0 Å². The smallest absolute Gasteiger partial charge is 0.0572 e. The van der Waals surface area contributed by atoms with Crippen LogP contribution in [0.15, 0.2) is 0 Å². The molecule has 0 unspecified atom stereocenters. The van der Waals surface area contributed by atoms with E-state index in [-0.39, 0.29) is 0 Å². The van der Waals surface area contributed by atoms with E-state index in [9.17, 15) is 0 Å². The molecule has 0 aromatic rings. The van der Waals surface area contributed by atoms with Gasteiger partial charge in [-0.15, -0.1) is 0 Å². The standard InChI is InChI=1S/C14H29NO2/c1-12(2)11-17-10-4-9-15-13-5-7-14(16-3)8-6-13/h12-15H,4-11H2,1-3H3. The normalized spacial score (nSPS) is 25.4. The molecule has 0 aliphatic heterocycles. The molecule has 102 valence electrons. The molecule has 1 aliphatic carbocycles. The molecule has 0 radical (unpaired) electrons. The zero-order valence-corrected chi connectivity index (χ0v) is 11.7. The molecule has 1 N–H and O–H groups in total. The predicted molar refractivity (Wildman–Crippen MR) is 71.3 cm³/mol. The van der Waals surface area contributed by atoms with Crippen molar-refractivity contribution < 1.29 is 9.47 Å². The summed E-state index contributed by atoms with van der Waals surface area (Å²) in [5, 5.41) is 3.62. The number of ether oxygens (including phenoxy) is 2. The molecule has 3 nitrogen and oxygen atoms in total. The second-order valence-corrected chi connectivity index (χ2v) is 5.49. The molecule has 0 saturated heterocycles. The van der Waals surface area contributed by atoms with Crippen LogP contribution in [0.3, 0.4) is 0 Å². The van der Waals surface area contributed by atoms with Gasteiger partial charge in [-0.05, 0) is 44.6 Å². The molecule has 0 spiro atoms. The Morgan fingerprint density at radius 1 is 1.18 bits per heavy atom. The van der Waals surface area contributed by atoms with Crippen LogP contribution in [0.2, 0.25) is 0 Å². The van der Waals surface area contributed by atoms with E-state index in [1.165, 1.54) is 25.7 Å². The molecule has 1 saturated carbocycles. The summed E-state index contributed by atoms with van der Waals surface area (Å²) < 4.78 is 10.9. The number of methoxy groups -OCH3 is 1. The second kappa shape index (κ2) is 8.90. The maximum Gasteiger partial charge on any atom is 0.0572 e. The van der Waals surface area contributed by atoms with E-state index in [2.05, 4.69) is 19.2 Å². The van der Waals surface area contributed by atoms with E-state index >= 15 is 0 Å². The van der Waals surface area contributed by atoms with Gasteiger partial charge in [-0.3, -0.25) is 0 Å². The Balaban J connectivity index is 1.90. The third kappa shape index (κ3) is 7.02. The van der Waals surface area contributed by atoms with Gasteiger partial charge < -0.3 is 14.8 Å². The number of hydrogen-bond acceptors (Lipinski definition) is 3. The van der Waals surface area contributed by atoms with Gasteiger partial charge in [0.25, 0.3) is 0 Å². The molecule has 0 bridgehead atoms. The van der Waals surface area contributed by atoms with Crippen molar-refractivity contribution in [3.05, 3.63) is 0 Å². The lowest BCUT2D eigenvalue weighted by molar-refractivity contribution is 0.0617. The van der Waals surface area contributed by atoms with Gasteiger partial charge in [0.15, 0.2) is 0 Å². The zero-order chi connectivity index (χ0) is 12.5. The van der Waals surface area contributed by atoms with E-state index < -0.39 is 0 Å². The molecular weight excluding hydrogens is 214 g/mol. The maximum atomic E-state index is 5.56. The predicted octanol–water partition coefficient (Wildman–Crippen LogP) is 2.60. The topological polar surface area (TPSA) is 30.5 Å². The van der Waals surface area contributed by atoms with Gasteiger partial charge in [-0.1, -0.05) is 13.8 Å². The summed E-state index contributed by atoms with van der Waals surface area (Å²) in [6.45, 7) is 7.23. The molecule has 17 heavy (non-hydrogen) atoms. The van der Waals surface area contributed by atoms with Crippen LogP contribution in [-0.4, -0.2) is 39.0 Å². The monoisotopic (exact) mass is 243 g/mol. The highest BCUT2D eigenvalue weighted by atomic mass is 16.5. The van der Waals surface area contributed by atoms with E-state index in [0.29, 0.717) is 18.1 Å². The van der Waals surface area contributed by atoms with Gasteiger partial charge in [0.2, 0.25) is 0 Å². The first-order valence-electron chi connectivity index (χ1n) is 7.06. The first-order valence-corrected chi connectivity index (χ1v) is 7.06. The van der Waals surface area contributed by atoms with E-state index in [1.807, 2.05) is 7.11 Å². The van der Waals surface area contributed by atoms with Crippen LogP contribution in [0.5, 0.6) is 0 Å². The lowest BCUT2D eigenvalue weighted by Crippen LogP contribution is -2.35. The van der Waals surface area contributed by atoms with Gasteiger partial charge in [0, 0.05) is 26.4 Å². The summed E-state index contributed by atoms with van der Waals surface area (Å²) in [6, 6.07) is 0.700. The number of hydrogen-bond donors (Lipinski definition) is 1. The van der Waals surface area contributed by atoms with Gasteiger partial charge in [-0.25, -0.2) is 0 Å². The van der Waals surface area contributed by atoms with E-state index in [4.69, 9.17) is 9.47 Å². The first kappa shape index (κ1) is 14.9. The average molecular weight is 243 g/mol. The molecule has 0 aromatic heterocycles. The SMILES string of the molecule is COC1CCC(NCCCOCC(C)C)CC1. The quantitative estimate of drug-likeness (QED) is 0.665. The van der Waals surface area contributed by atoms with Gasteiger partial charge in [0.05, 0.1) is 6.10 Å². The Morgan fingerprint density at radius 2 is 1.88 bits per heavy atom. The summed E-state index contributed by atoms with van der Waals surface area (Å²) in [6.07, 6.45) is 6.55. The van der Waals surface area contributed by atoms with Crippen molar-refractivity contribution in [1.29, 1.82) is 0 Å². The lowest BCUT2D eigenvalue weighted by atomic mass is 9.93. The summed E-state index contributed by atoms with van der Waals surface area (Å²) in [5.74, 6) is 0.646. The zero-order valence-electron chi connectivity index (χ0n) is 11.7.